The molecule has 1 aliphatic carbocycles. The SMILES string of the molecule is CC(=O)Cl.CC(=O)Nc1ccc2c(c1)S(=O)(=O)NCN2C1CC1. The van der Waals surface area contributed by atoms with Crippen LogP contribution in [0.5, 0.6) is 0 Å². The summed E-state index contributed by atoms with van der Waals surface area (Å²) in [5.41, 5.74) is 1.21. The van der Waals surface area contributed by atoms with E-state index >= 15 is 0 Å². The van der Waals surface area contributed by atoms with Crippen LogP contribution in [0.1, 0.15) is 26.7 Å². The highest BCUT2D eigenvalue weighted by Gasteiger charge is 2.36. The second-order valence-corrected chi connectivity index (χ2v) is 7.61. The van der Waals surface area contributed by atoms with Crippen LogP contribution in [0.25, 0.3) is 0 Å². The molecule has 9 heteroatoms. The molecule has 1 saturated carbocycles. The summed E-state index contributed by atoms with van der Waals surface area (Å²) in [6.45, 7) is 3.00. The van der Waals surface area contributed by atoms with Crippen LogP contribution in [0.2, 0.25) is 0 Å². The van der Waals surface area contributed by atoms with Gasteiger partial charge in [0.2, 0.25) is 21.2 Å². The Hall–Kier alpha value is -1.64. The lowest BCUT2D eigenvalue weighted by Gasteiger charge is -2.31. The topological polar surface area (TPSA) is 95.6 Å². The molecule has 1 fully saturated rings. The van der Waals surface area contributed by atoms with Crippen LogP contribution in [0, 0.1) is 0 Å². The molecular weight excluding hydrogens is 342 g/mol. The summed E-state index contributed by atoms with van der Waals surface area (Å²) in [5, 5.41) is 2.24. The van der Waals surface area contributed by atoms with Crippen LogP contribution < -0.4 is 14.9 Å². The summed E-state index contributed by atoms with van der Waals surface area (Å²) < 4.78 is 26.7. The first kappa shape index (κ1) is 17.7. The molecule has 0 saturated heterocycles. The van der Waals surface area contributed by atoms with Gasteiger partial charge in [0.25, 0.3) is 0 Å². The van der Waals surface area contributed by atoms with Crippen molar-refractivity contribution in [3.8, 4) is 0 Å². The quantitative estimate of drug-likeness (QED) is 0.782. The second kappa shape index (κ2) is 6.86. The van der Waals surface area contributed by atoms with Gasteiger partial charge >= 0.3 is 0 Å². The molecule has 0 unspecified atom stereocenters. The highest BCUT2D eigenvalue weighted by atomic mass is 35.5. The third-order valence-corrected chi connectivity index (χ3v) is 4.71. The van der Waals surface area contributed by atoms with Crippen molar-refractivity contribution < 1.29 is 18.0 Å². The third kappa shape index (κ3) is 4.66. The number of anilines is 2. The Balaban J connectivity index is 0.000000433. The molecule has 3 rings (SSSR count). The van der Waals surface area contributed by atoms with Crippen LogP contribution >= 0.6 is 11.6 Å². The molecule has 1 aromatic rings. The molecule has 1 amide bonds. The third-order valence-electron chi connectivity index (χ3n) is 3.29. The van der Waals surface area contributed by atoms with Gasteiger partial charge in [0.15, 0.2) is 0 Å². The van der Waals surface area contributed by atoms with Crippen molar-refractivity contribution in [3.05, 3.63) is 18.2 Å². The summed E-state index contributed by atoms with van der Waals surface area (Å²) >= 11 is 4.64. The predicted octanol–water partition coefficient (Wildman–Crippen LogP) is 1.63. The van der Waals surface area contributed by atoms with Crippen molar-refractivity contribution in [3.63, 3.8) is 0 Å². The molecule has 1 aliphatic heterocycles. The predicted molar refractivity (Wildman–Crippen MR) is 88.0 cm³/mol. The van der Waals surface area contributed by atoms with E-state index in [0.717, 1.165) is 18.5 Å². The van der Waals surface area contributed by atoms with Crippen molar-refractivity contribution in [2.45, 2.75) is 37.6 Å². The lowest BCUT2D eigenvalue weighted by atomic mass is 10.2. The fourth-order valence-electron chi connectivity index (χ4n) is 2.28. The number of nitrogens with one attached hydrogen (secondary N) is 2. The molecule has 2 aliphatic rings. The average Bonchev–Trinajstić information content (AvgIpc) is 3.22. The zero-order chi connectivity index (χ0) is 17.2. The first-order chi connectivity index (χ1) is 10.7. The van der Waals surface area contributed by atoms with Gasteiger partial charge in [0.1, 0.15) is 4.90 Å². The van der Waals surface area contributed by atoms with E-state index in [1.165, 1.54) is 19.9 Å². The minimum absolute atomic E-state index is 0.222. The van der Waals surface area contributed by atoms with Crippen molar-refractivity contribution in [2.75, 3.05) is 16.9 Å². The first-order valence-corrected chi connectivity index (χ1v) is 8.91. The number of benzene rings is 1. The number of fused-ring (bicyclic) bond motifs is 1. The summed E-state index contributed by atoms with van der Waals surface area (Å²) in [5.74, 6) is -0.222. The number of rotatable bonds is 2. The Bertz CT molecular complexity index is 728. The summed E-state index contributed by atoms with van der Waals surface area (Å²) in [4.78, 5) is 22.5. The van der Waals surface area contributed by atoms with Gasteiger partial charge in [0, 0.05) is 25.6 Å². The number of amides is 1. The molecule has 126 valence electrons. The number of hydrogen-bond acceptors (Lipinski definition) is 5. The lowest BCUT2D eigenvalue weighted by Crippen LogP contribution is -2.44. The molecular formula is C14H18ClN3O4S. The van der Waals surface area contributed by atoms with Gasteiger partial charge in [-0.15, -0.1) is 0 Å². The number of hydrogen-bond donors (Lipinski definition) is 2. The van der Waals surface area contributed by atoms with Crippen molar-refractivity contribution in [2.24, 2.45) is 0 Å². The van der Waals surface area contributed by atoms with E-state index < -0.39 is 10.0 Å². The van der Waals surface area contributed by atoms with Gasteiger partial charge in [-0.25, -0.2) is 8.42 Å². The lowest BCUT2D eigenvalue weighted by molar-refractivity contribution is -0.114. The monoisotopic (exact) mass is 359 g/mol. The molecule has 7 nitrogen and oxygen atoms in total. The maximum atomic E-state index is 12.0. The van der Waals surface area contributed by atoms with E-state index in [0.29, 0.717) is 18.4 Å². The number of halogens is 1. The molecule has 0 atom stereocenters. The number of carbonyl (C=O) groups is 2. The standard InChI is InChI=1S/C12H15N3O3S.C2H3ClO/c1-8(16)14-9-2-5-11-12(6-9)19(17,18)13-7-15(11)10-3-4-10;1-2(3)4/h2,5-6,10,13H,3-4,7H2,1H3,(H,14,16);1H3. The molecule has 23 heavy (non-hydrogen) atoms. The molecule has 1 aromatic carbocycles. The molecule has 0 spiro atoms. The molecule has 0 aromatic heterocycles. The van der Waals surface area contributed by atoms with Gasteiger partial charge in [-0.05, 0) is 42.6 Å². The largest absolute Gasteiger partial charge is 0.354 e. The van der Waals surface area contributed by atoms with E-state index in [4.69, 9.17) is 0 Å². The van der Waals surface area contributed by atoms with Gasteiger partial charge in [-0.1, -0.05) is 0 Å². The summed E-state index contributed by atoms with van der Waals surface area (Å²) in [6, 6.07) is 5.43. The average molecular weight is 360 g/mol. The smallest absolute Gasteiger partial charge is 0.244 e. The van der Waals surface area contributed by atoms with Crippen LogP contribution in [0.3, 0.4) is 0 Å². The highest BCUT2D eigenvalue weighted by Crippen LogP contribution is 2.38. The fourth-order valence-corrected chi connectivity index (χ4v) is 3.48. The van der Waals surface area contributed by atoms with Crippen LogP contribution in [0.15, 0.2) is 23.1 Å². The Kier molecular flexibility index (Phi) is 5.28. The minimum atomic E-state index is -3.48. The van der Waals surface area contributed by atoms with Crippen LogP contribution in [-0.2, 0) is 19.6 Å². The normalized spacial score (nSPS) is 18.3. The van der Waals surface area contributed by atoms with Crippen LogP contribution in [0.4, 0.5) is 11.4 Å². The van der Waals surface area contributed by atoms with Gasteiger partial charge in [-0.2, -0.15) is 4.72 Å². The number of sulfonamides is 1. The van der Waals surface area contributed by atoms with Gasteiger partial charge in [-0.3, -0.25) is 9.59 Å². The summed E-state index contributed by atoms with van der Waals surface area (Å²) in [7, 11) is -3.48. The van der Waals surface area contributed by atoms with E-state index in [1.807, 2.05) is 0 Å². The molecule has 0 bridgehead atoms. The highest BCUT2D eigenvalue weighted by molar-refractivity contribution is 7.89. The molecule has 2 N–H and O–H groups in total. The summed E-state index contributed by atoms with van der Waals surface area (Å²) in [6.07, 6.45) is 2.18. The Morgan fingerprint density at radius 1 is 1.30 bits per heavy atom. The van der Waals surface area contributed by atoms with Gasteiger partial charge < -0.3 is 10.2 Å². The maximum absolute atomic E-state index is 12.0. The Morgan fingerprint density at radius 2 is 1.91 bits per heavy atom. The van der Waals surface area contributed by atoms with E-state index in [9.17, 15) is 18.0 Å². The van der Waals surface area contributed by atoms with Crippen molar-refractivity contribution in [1.82, 2.24) is 4.72 Å². The van der Waals surface area contributed by atoms with Crippen molar-refractivity contribution >= 4 is 44.1 Å². The van der Waals surface area contributed by atoms with Gasteiger partial charge in [0.05, 0.1) is 12.4 Å². The van der Waals surface area contributed by atoms with E-state index in [2.05, 4.69) is 26.5 Å². The number of nitrogens with zero attached hydrogens (tertiary/aromatic N) is 1. The number of carbonyl (C=O) groups excluding carboxylic acids is 2. The molecule has 0 radical (unpaired) electrons. The van der Waals surface area contributed by atoms with Crippen LogP contribution in [-0.4, -0.2) is 32.3 Å². The van der Waals surface area contributed by atoms with Crippen molar-refractivity contribution in [1.29, 1.82) is 0 Å². The minimum Gasteiger partial charge on any atom is -0.354 e. The Morgan fingerprint density at radius 3 is 2.43 bits per heavy atom. The molecule has 1 heterocycles. The second-order valence-electron chi connectivity index (χ2n) is 5.34. The zero-order valence-electron chi connectivity index (χ0n) is 12.8. The van der Waals surface area contributed by atoms with E-state index in [-0.39, 0.29) is 16.0 Å². The van der Waals surface area contributed by atoms with E-state index in [1.54, 1.807) is 12.1 Å². The first-order valence-electron chi connectivity index (χ1n) is 7.04. The maximum Gasteiger partial charge on any atom is 0.244 e. The fraction of sp³-hybridized carbons (Fsp3) is 0.429. The zero-order valence-corrected chi connectivity index (χ0v) is 14.4. The Labute approximate surface area is 140 Å².